The zero-order valence-corrected chi connectivity index (χ0v) is 12.3. The van der Waals surface area contributed by atoms with E-state index in [2.05, 4.69) is 27.4 Å². The van der Waals surface area contributed by atoms with Crippen molar-refractivity contribution in [3.8, 4) is 0 Å². The fraction of sp³-hybridized carbons (Fsp3) is 0.600. The molecule has 2 aromatic rings. The summed E-state index contributed by atoms with van der Waals surface area (Å²) in [6.07, 6.45) is 6.84. The van der Waals surface area contributed by atoms with Crippen molar-refractivity contribution >= 4 is 22.9 Å². The molecule has 4 nitrogen and oxygen atoms in total. The summed E-state index contributed by atoms with van der Waals surface area (Å²) >= 11 is 2.05. The van der Waals surface area contributed by atoms with Gasteiger partial charge in [0.1, 0.15) is 11.3 Å². The molecular weight excluding hydrogens is 270 g/mol. The molecule has 0 saturated carbocycles. The molecule has 0 bridgehead atoms. The van der Waals surface area contributed by atoms with Crippen LogP contribution in [-0.2, 0) is 4.74 Å². The minimum atomic E-state index is 0.437. The molecule has 2 atom stereocenters. The number of aromatic nitrogens is 3. The van der Waals surface area contributed by atoms with Crippen LogP contribution in [0.15, 0.2) is 18.3 Å². The van der Waals surface area contributed by atoms with Crippen molar-refractivity contribution in [1.29, 1.82) is 0 Å². The highest BCUT2D eigenvalue weighted by Crippen LogP contribution is 2.39. The van der Waals surface area contributed by atoms with E-state index in [1.54, 1.807) is 0 Å². The Labute approximate surface area is 122 Å². The number of nitrogens with zero attached hydrogens (tertiary/aromatic N) is 3. The Morgan fingerprint density at radius 1 is 1.30 bits per heavy atom. The topological polar surface area (TPSA) is 39.9 Å². The lowest BCUT2D eigenvalue weighted by Crippen LogP contribution is -2.16. The number of imidazole rings is 1. The maximum atomic E-state index is 5.57. The Hall–Kier alpha value is -1.07. The van der Waals surface area contributed by atoms with E-state index in [0.717, 1.165) is 30.8 Å². The molecule has 106 valence electrons. The third-order valence-electron chi connectivity index (χ3n) is 4.21. The first-order valence-electron chi connectivity index (χ1n) is 7.45. The van der Waals surface area contributed by atoms with E-state index in [0.29, 0.717) is 11.3 Å². The van der Waals surface area contributed by atoms with E-state index in [9.17, 15) is 0 Å². The molecular formula is C15H19N3OS. The van der Waals surface area contributed by atoms with Crippen LogP contribution in [0.4, 0.5) is 0 Å². The van der Waals surface area contributed by atoms with Crippen LogP contribution in [0.3, 0.4) is 0 Å². The molecule has 2 unspecified atom stereocenters. The molecule has 4 heterocycles. The van der Waals surface area contributed by atoms with E-state index in [1.807, 2.05) is 12.3 Å². The van der Waals surface area contributed by atoms with Gasteiger partial charge < -0.3 is 4.74 Å². The normalized spacial score (nSPS) is 27.2. The predicted octanol–water partition coefficient (Wildman–Crippen LogP) is 3.35. The standard InChI is InChI=1S/C15H19N3OS/c1-2-9-20-13(5-1)18-14(11-6-8-19-10-11)17-12-4-3-7-16-15(12)18/h3-4,7,11,13H,1-2,5-6,8-10H2. The van der Waals surface area contributed by atoms with Crippen LogP contribution in [0.5, 0.6) is 0 Å². The number of thioether (sulfide) groups is 1. The van der Waals surface area contributed by atoms with E-state index in [-0.39, 0.29) is 0 Å². The Morgan fingerprint density at radius 3 is 3.10 bits per heavy atom. The van der Waals surface area contributed by atoms with Crippen molar-refractivity contribution in [3.05, 3.63) is 24.2 Å². The molecule has 2 fully saturated rings. The van der Waals surface area contributed by atoms with Crippen molar-refractivity contribution in [2.24, 2.45) is 0 Å². The second-order valence-corrected chi connectivity index (χ2v) is 6.85. The van der Waals surface area contributed by atoms with Crippen molar-refractivity contribution in [1.82, 2.24) is 14.5 Å². The average Bonchev–Trinajstić information content (AvgIpc) is 3.15. The lowest BCUT2D eigenvalue weighted by molar-refractivity contribution is 0.192. The zero-order valence-electron chi connectivity index (χ0n) is 11.5. The molecule has 4 rings (SSSR count). The number of hydrogen-bond acceptors (Lipinski definition) is 4. The average molecular weight is 289 g/mol. The third-order valence-corrected chi connectivity index (χ3v) is 5.57. The number of pyridine rings is 1. The summed E-state index contributed by atoms with van der Waals surface area (Å²) in [4.78, 5) is 9.47. The van der Waals surface area contributed by atoms with Crippen molar-refractivity contribution in [3.63, 3.8) is 0 Å². The van der Waals surface area contributed by atoms with Crippen LogP contribution >= 0.6 is 11.8 Å². The second-order valence-electron chi connectivity index (χ2n) is 5.57. The minimum Gasteiger partial charge on any atom is -0.381 e. The van der Waals surface area contributed by atoms with Crippen molar-refractivity contribution in [2.45, 2.75) is 37.0 Å². The van der Waals surface area contributed by atoms with Gasteiger partial charge in [-0.2, -0.15) is 0 Å². The summed E-state index contributed by atoms with van der Waals surface area (Å²) in [5.41, 5.74) is 2.08. The van der Waals surface area contributed by atoms with Crippen LogP contribution in [-0.4, -0.2) is 33.5 Å². The highest BCUT2D eigenvalue weighted by atomic mass is 32.2. The van der Waals surface area contributed by atoms with Gasteiger partial charge in [-0.05, 0) is 43.6 Å². The van der Waals surface area contributed by atoms with Crippen LogP contribution in [0, 0.1) is 0 Å². The highest BCUT2D eigenvalue weighted by molar-refractivity contribution is 7.99. The van der Waals surface area contributed by atoms with E-state index >= 15 is 0 Å². The molecule has 0 spiro atoms. The highest BCUT2D eigenvalue weighted by Gasteiger charge is 2.29. The van der Waals surface area contributed by atoms with Crippen LogP contribution in [0.25, 0.3) is 11.2 Å². The van der Waals surface area contributed by atoms with Gasteiger partial charge in [-0.1, -0.05) is 0 Å². The van der Waals surface area contributed by atoms with Gasteiger partial charge in [-0.3, -0.25) is 4.57 Å². The molecule has 2 aromatic heterocycles. The van der Waals surface area contributed by atoms with Gasteiger partial charge in [0.15, 0.2) is 5.65 Å². The minimum absolute atomic E-state index is 0.437. The monoisotopic (exact) mass is 289 g/mol. The molecule has 2 aliphatic rings. The Morgan fingerprint density at radius 2 is 2.30 bits per heavy atom. The summed E-state index contributed by atoms with van der Waals surface area (Å²) in [6, 6.07) is 4.05. The molecule has 0 aromatic carbocycles. The lowest BCUT2D eigenvalue weighted by atomic mass is 10.1. The van der Waals surface area contributed by atoms with Gasteiger partial charge in [0.25, 0.3) is 0 Å². The molecule has 0 amide bonds. The number of ether oxygens (including phenoxy) is 1. The van der Waals surface area contributed by atoms with Crippen LogP contribution < -0.4 is 0 Å². The molecule has 0 N–H and O–H groups in total. The number of fused-ring (bicyclic) bond motifs is 1. The quantitative estimate of drug-likeness (QED) is 0.850. The lowest BCUT2D eigenvalue weighted by Gasteiger charge is -2.25. The zero-order chi connectivity index (χ0) is 13.4. The smallest absolute Gasteiger partial charge is 0.160 e. The second kappa shape index (κ2) is 5.37. The summed E-state index contributed by atoms with van der Waals surface area (Å²) in [5, 5.41) is 0.499. The van der Waals surface area contributed by atoms with Gasteiger partial charge in [0.2, 0.25) is 0 Å². The first kappa shape index (κ1) is 12.7. The summed E-state index contributed by atoms with van der Waals surface area (Å²) in [6.45, 7) is 1.67. The van der Waals surface area contributed by atoms with Gasteiger partial charge >= 0.3 is 0 Å². The fourth-order valence-corrected chi connectivity index (χ4v) is 4.52. The molecule has 5 heteroatoms. The summed E-state index contributed by atoms with van der Waals surface area (Å²) in [7, 11) is 0. The molecule has 2 aliphatic heterocycles. The van der Waals surface area contributed by atoms with Crippen molar-refractivity contribution in [2.75, 3.05) is 19.0 Å². The molecule has 20 heavy (non-hydrogen) atoms. The molecule has 0 aliphatic carbocycles. The fourth-order valence-electron chi connectivity index (χ4n) is 3.18. The maximum absolute atomic E-state index is 5.57. The van der Waals surface area contributed by atoms with Gasteiger partial charge in [0.05, 0.1) is 12.0 Å². The number of hydrogen-bond donors (Lipinski definition) is 0. The van der Waals surface area contributed by atoms with E-state index < -0.39 is 0 Å². The van der Waals surface area contributed by atoms with Gasteiger partial charge in [0, 0.05) is 18.7 Å². The Bertz CT molecular complexity index is 600. The molecule has 2 saturated heterocycles. The van der Waals surface area contributed by atoms with E-state index in [1.165, 1.54) is 30.8 Å². The predicted molar refractivity (Wildman–Crippen MR) is 81.1 cm³/mol. The first-order valence-corrected chi connectivity index (χ1v) is 8.50. The maximum Gasteiger partial charge on any atom is 0.160 e. The van der Waals surface area contributed by atoms with E-state index in [4.69, 9.17) is 9.72 Å². The third kappa shape index (κ3) is 2.13. The number of rotatable bonds is 2. The SMILES string of the molecule is c1cnc2c(c1)nc(C1CCOC1)n2C1CCCCS1. The van der Waals surface area contributed by atoms with Crippen LogP contribution in [0.2, 0.25) is 0 Å². The Kier molecular flexibility index (Phi) is 3.40. The van der Waals surface area contributed by atoms with Crippen LogP contribution in [0.1, 0.15) is 42.8 Å². The Balaban J connectivity index is 1.83. The largest absolute Gasteiger partial charge is 0.381 e. The summed E-state index contributed by atoms with van der Waals surface area (Å²) < 4.78 is 7.97. The summed E-state index contributed by atoms with van der Waals surface area (Å²) in [5.74, 6) is 2.87. The first-order chi connectivity index (χ1) is 9.93. The molecule has 0 radical (unpaired) electrons. The van der Waals surface area contributed by atoms with Gasteiger partial charge in [-0.15, -0.1) is 11.8 Å². The van der Waals surface area contributed by atoms with Crippen molar-refractivity contribution < 1.29 is 4.74 Å². The van der Waals surface area contributed by atoms with Gasteiger partial charge in [-0.25, -0.2) is 9.97 Å².